The quantitative estimate of drug-likeness (QED) is 0.804. The van der Waals surface area contributed by atoms with E-state index in [0.29, 0.717) is 10.8 Å². The number of halogens is 1. The number of aryl methyl sites for hydroxylation is 1. The van der Waals surface area contributed by atoms with Gasteiger partial charge in [0.2, 0.25) is 0 Å². The molecule has 0 saturated carbocycles. The van der Waals surface area contributed by atoms with E-state index in [2.05, 4.69) is 10.6 Å². The molecule has 122 valence electrons. The van der Waals surface area contributed by atoms with E-state index < -0.39 is 5.60 Å². The minimum atomic E-state index is -1.25. The van der Waals surface area contributed by atoms with E-state index in [1.54, 1.807) is 19.1 Å². The zero-order valence-electron chi connectivity index (χ0n) is 12.8. The molecule has 1 aliphatic carbocycles. The monoisotopic (exact) mass is 334 g/mol. The molecule has 3 rings (SSSR count). The summed E-state index contributed by atoms with van der Waals surface area (Å²) in [7, 11) is 0. The van der Waals surface area contributed by atoms with Crippen LogP contribution in [-0.4, -0.2) is 17.7 Å². The summed E-state index contributed by atoms with van der Waals surface area (Å²) in [6, 6.07) is 8.76. The molecular weight excluding hydrogens is 316 g/mol. The summed E-state index contributed by atoms with van der Waals surface area (Å²) in [5, 5.41) is 16.7. The van der Waals surface area contributed by atoms with Gasteiger partial charge in [-0.15, -0.1) is 0 Å². The smallest absolute Gasteiger partial charge is 0.315 e. The summed E-state index contributed by atoms with van der Waals surface area (Å²) >= 11 is 5.99. The van der Waals surface area contributed by atoms with Gasteiger partial charge in [0.25, 0.3) is 0 Å². The van der Waals surface area contributed by atoms with Crippen molar-refractivity contribution in [2.45, 2.75) is 31.4 Å². The largest absolute Gasteiger partial charge is 0.466 e. The molecule has 1 heterocycles. The summed E-state index contributed by atoms with van der Waals surface area (Å²) in [4.78, 5) is 12.1. The molecule has 0 fully saturated rings. The molecule has 2 aromatic rings. The summed E-state index contributed by atoms with van der Waals surface area (Å²) in [6.07, 6.45) is 3.23. The number of amides is 2. The average Bonchev–Trinajstić information content (AvgIpc) is 3.16. The minimum Gasteiger partial charge on any atom is -0.466 e. The van der Waals surface area contributed by atoms with Crippen LogP contribution in [0.3, 0.4) is 0 Å². The molecule has 23 heavy (non-hydrogen) atoms. The van der Waals surface area contributed by atoms with E-state index in [4.69, 9.17) is 16.0 Å². The Morgan fingerprint density at radius 2 is 2.30 bits per heavy atom. The lowest BCUT2D eigenvalue weighted by atomic mass is 10.0. The van der Waals surface area contributed by atoms with Crippen LogP contribution in [-0.2, 0) is 12.0 Å². The standard InChI is InChI=1S/C17H19ClN2O3/c1-17(22,15-3-2-8-23-15)10-19-16(21)20-14-7-4-11-9-12(18)5-6-13(11)14/h2-3,5-6,8-9,14,22H,4,7,10H2,1H3,(H2,19,20,21)/t14-,17+/m1/s1. The van der Waals surface area contributed by atoms with Crippen molar-refractivity contribution >= 4 is 17.6 Å². The summed E-state index contributed by atoms with van der Waals surface area (Å²) in [6.45, 7) is 1.66. The van der Waals surface area contributed by atoms with Gasteiger partial charge >= 0.3 is 6.03 Å². The van der Waals surface area contributed by atoms with E-state index >= 15 is 0 Å². The van der Waals surface area contributed by atoms with Crippen LogP contribution >= 0.6 is 11.6 Å². The SMILES string of the molecule is C[C@](O)(CNC(=O)N[C@@H]1CCc2cc(Cl)ccc21)c1ccco1. The van der Waals surface area contributed by atoms with Gasteiger partial charge in [-0.25, -0.2) is 4.79 Å². The highest BCUT2D eigenvalue weighted by atomic mass is 35.5. The fourth-order valence-electron chi connectivity index (χ4n) is 2.87. The Morgan fingerprint density at radius 3 is 3.04 bits per heavy atom. The van der Waals surface area contributed by atoms with Crippen LogP contribution in [0.25, 0.3) is 0 Å². The van der Waals surface area contributed by atoms with Gasteiger partial charge in [-0.05, 0) is 55.2 Å². The zero-order chi connectivity index (χ0) is 16.4. The molecule has 0 bridgehead atoms. The third-order valence-corrected chi connectivity index (χ3v) is 4.37. The molecule has 2 atom stereocenters. The molecule has 0 aliphatic heterocycles. The normalized spacial score (nSPS) is 19.0. The second kappa shape index (κ2) is 6.26. The average molecular weight is 335 g/mol. The Labute approximate surface area is 139 Å². The van der Waals surface area contributed by atoms with Gasteiger partial charge in [0.15, 0.2) is 0 Å². The maximum atomic E-state index is 12.1. The van der Waals surface area contributed by atoms with Crippen molar-refractivity contribution in [1.29, 1.82) is 0 Å². The third-order valence-electron chi connectivity index (χ3n) is 4.13. The second-order valence-electron chi connectivity index (χ2n) is 6.01. The fraction of sp³-hybridized carbons (Fsp3) is 0.353. The van der Waals surface area contributed by atoms with Gasteiger partial charge in [-0.3, -0.25) is 0 Å². The van der Waals surface area contributed by atoms with Crippen molar-refractivity contribution in [2.75, 3.05) is 6.54 Å². The molecule has 0 radical (unpaired) electrons. The number of furan rings is 1. The van der Waals surface area contributed by atoms with Gasteiger partial charge in [-0.1, -0.05) is 17.7 Å². The highest BCUT2D eigenvalue weighted by molar-refractivity contribution is 6.30. The van der Waals surface area contributed by atoms with Crippen molar-refractivity contribution < 1.29 is 14.3 Å². The molecule has 1 aromatic carbocycles. The van der Waals surface area contributed by atoms with E-state index in [9.17, 15) is 9.90 Å². The predicted octanol–water partition coefficient (Wildman–Crippen LogP) is 3.13. The van der Waals surface area contributed by atoms with Crippen LogP contribution in [0.15, 0.2) is 41.0 Å². The lowest BCUT2D eigenvalue weighted by Gasteiger charge is -2.22. The molecule has 0 unspecified atom stereocenters. The maximum Gasteiger partial charge on any atom is 0.315 e. The van der Waals surface area contributed by atoms with Crippen molar-refractivity contribution in [3.63, 3.8) is 0 Å². The summed E-state index contributed by atoms with van der Waals surface area (Å²) in [5.74, 6) is 0.415. The molecule has 0 spiro atoms. The Morgan fingerprint density at radius 1 is 1.48 bits per heavy atom. The van der Waals surface area contributed by atoms with Crippen LogP contribution < -0.4 is 10.6 Å². The molecule has 1 aliphatic rings. The number of rotatable bonds is 4. The number of hydrogen-bond acceptors (Lipinski definition) is 3. The Hall–Kier alpha value is -1.98. The first-order valence-corrected chi connectivity index (χ1v) is 7.92. The highest BCUT2D eigenvalue weighted by Gasteiger charge is 2.28. The molecule has 3 N–H and O–H groups in total. The number of carbonyl (C=O) groups excluding carboxylic acids is 1. The second-order valence-corrected chi connectivity index (χ2v) is 6.45. The van der Waals surface area contributed by atoms with E-state index in [0.717, 1.165) is 18.4 Å². The van der Waals surface area contributed by atoms with Crippen molar-refractivity contribution in [2.24, 2.45) is 0 Å². The van der Waals surface area contributed by atoms with Gasteiger partial charge in [0.1, 0.15) is 11.4 Å². The van der Waals surface area contributed by atoms with Gasteiger partial charge < -0.3 is 20.2 Å². The molecule has 1 aromatic heterocycles. The number of urea groups is 1. The Balaban J connectivity index is 1.57. The lowest BCUT2D eigenvalue weighted by molar-refractivity contribution is 0.0366. The van der Waals surface area contributed by atoms with E-state index in [1.807, 2.05) is 18.2 Å². The van der Waals surface area contributed by atoms with E-state index in [1.165, 1.54) is 11.8 Å². The predicted molar refractivity (Wildman–Crippen MR) is 87.3 cm³/mol. The van der Waals surface area contributed by atoms with Crippen LogP contribution in [0.4, 0.5) is 4.79 Å². The number of benzene rings is 1. The van der Waals surface area contributed by atoms with Crippen molar-refractivity contribution in [3.8, 4) is 0 Å². The molecule has 6 heteroatoms. The van der Waals surface area contributed by atoms with Crippen LogP contribution in [0, 0.1) is 0 Å². The first-order valence-electron chi connectivity index (χ1n) is 7.55. The van der Waals surface area contributed by atoms with Gasteiger partial charge in [0, 0.05) is 5.02 Å². The van der Waals surface area contributed by atoms with Crippen LogP contribution in [0.2, 0.25) is 5.02 Å². The number of aliphatic hydroxyl groups is 1. The van der Waals surface area contributed by atoms with Crippen molar-refractivity contribution in [3.05, 3.63) is 58.5 Å². The Kier molecular flexibility index (Phi) is 4.33. The fourth-order valence-corrected chi connectivity index (χ4v) is 3.06. The maximum absolute atomic E-state index is 12.1. The Bertz CT molecular complexity index is 698. The van der Waals surface area contributed by atoms with Crippen molar-refractivity contribution in [1.82, 2.24) is 10.6 Å². The topological polar surface area (TPSA) is 74.5 Å². The summed E-state index contributed by atoms with van der Waals surface area (Å²) < 4.78 is 5.19. The first kappa shape index (κ1) is 15.9. The molecule has 5 nitrogen and oxygen atoms in total. The van der Waals surface area contributed by atoms with Gasteiger partial charge in [-0.2, -0.15) is 0 Å². The minimum absolute atomic E-state index is 0.0316. The number of hydrogen-bond donors (Lipinski definition) is 3. The summed E-state index contributed by atoms with van der Waals surface area (Å²) in [5.41, 5.74) is 1.02. The van der Waals surface area contributed by atoms with Crippen LogP contribution in [0.1, 0.15) is 36.3 Å². The van der Waals surface area contributed by atoms with Gasteiger partial charge in [0.05, 0.1) is 18.8 Å². The number of carbonyl (C=O) groups is 1. The van der Waals surface area contributed by atoms with E-state index in [-0.39, 0.29) is 18.6 Å². The molecular formula is C17H19ClN2O3. The third kappa shape index (κ3) is 3.51. The lowest BCUT2D eigenvalue weighted by Crippen LogP contribution is -2.44. The molecule has 2 amide bonds. The number of nitrogens with one attached hydrogen (secondary N) is 2. The number of fused-ring (bicyclic) bond motifs is 1. The highest BCUT2D eigenvalue weighted by Crippen LogP contribution is 2.32. The van der Waals surface area contributed by atoms with Crippen LogP contribution in [0.5, 0.6) is 0 Å². The first-order chi connectivity index (χ1) is 11.0. The zero-order valence-corrected chi connectivity index (χ0v) is 13.6. The molecule has 0 saturated heterocycles.